The minimum atomic E-state index is 0.656. The minimum Gasteiger partial charge on any atom is -0.324 e. The van der Waals surface area contributed by atoms with Crippen molar-refractivity contribution in [1.29, 1.82) is 0 Å². The van der Waals surface area contributed by atoms with Crippen molar-refractivity contribution in [1.82, 2.24) is 14.8 Å². The Balaban J connectivity index is 1.45. The molecule has 1 saturated heterocycles. The highest BCUT2D eigenvalue weighted by Crippen LogP contribution is 2.46. The van der Waals surface area contributed by atoms with Gasteiger partial charge in [0.05, 0.1) is 10.6 Å². The van der Waals surface area contributed by atoms with Gasteiger partial charge in [-0.15, -0.1) is 0 Å². The van der Waals surface area contributed by atoms with E-state index >= 15 is 0 Å². The standard InChI is InChI=1S/C20H26N4S/c1-16-15-23(14-13-22(16)2)11-6-12-24-17-7-3-4-8-18(17)25-19-9-5-10-21-20(19)24/h3-5,7-10,16H,6,11-15H2,1-2H3. The molecule has 132 valence electrons. The Hall–Kier alpha value is -1.56. The second kappa shape index (κ2) is 7.36. The summed E-state index contributed by atoms with van der Waals surface area (Å²) in [5, 5.41) is 0. The Morgan fingerprint density at radius 2 is 1.92 bits per heavy atom. The lowest BCUT2D eigenvalue weighted by molar-refractivity contribution is 0.105. The molecule has 1 aromatic carbocycles. The fraction of sp³-hybridized carbons (Fsp3) is 0.450. The maximum absolute atomic E-state index is 4.67. The summed E-state index contributed by atoms with van der Waals surface area (Å²) in [6, 6.07) is 13.5. The number of nitrogens with zero attached hydrogens (tertiary/aromatic N) is 4. The number of piperazine rings is 1. The van der Waals surface area contributed by atoms with Crippen LogP contribution in [0, 0.1) is 0 Å². The summed E-state index contributed by atoms with van der Waals surface area (Å²) in [6.07, 6.45) is 3.06. The number of pyridine rings is 1. The van der Waals surface area contributed by atoms with E-state index in [9.17, 15) is 0 Å². The van der Waals surface area contributed by atoms with Crippen molar-refractivity contribution in [3.8, 4) is 0 Å². The van der Waals surface area contributed by atoms with Gasteiger partial charge in [-0.3, -0.25) is 0 Å². The summed E-state index contributed by atoms with van der Waals surface area (Å²) in [5.74, 6) is 1.11. The predicted octanol–water partition coefficient (Wildman–Crippen LogP) is 3.71. The number of benzene rings is 1. The molecule has 2 aromatic rings. The molecular weight excluding hydrogens is 328 g/mol. The van der Waals surface area contributed by atoms with Crippen molar-refractivity contribution in [2.45, 2.75) is 29.2 Å². The topological polar surface area (TPSA) is 22.6 Å². The zero-order valence-corrected chi connectivity index (χ0v) is 15.9. The molecule has 2 aliphatic rings. The highest BCUT2D eigenvalue weighted by atomic mass is 32.2. The number of para-hydroxylation sites is 1. The molecule has 4 nitrogen and oxygen atoms in total. The second-order valence-corrected chi connectivity index (χ2v) is 8.11. The van der Waals surface area contributed by atoms with E-state index in [0.29, 0.717) is 6.04 Å². The summed E-state index contributed by atoms with van der Waals surface area (Å²) in [4.78, 5) is 14.7. The van der Waals surface area contributed by atoms with Gasteiger partial charge in [0, 0.05) is 43.3 Å². The first kappa shape index (κ1) is 16.9. The highest BCUT2D eigenvalue weighted by Gasteiger charge is 2.24. The Bertz CT molecular complexity index is 690. The molecule has 0 amide bonds. The third-order valence-electron chi connectivity index (χ3n) is 5.28. The van der Waals surface area contributed by atoms with E-state index in [2.05, 4.69) is 64.0 Å². The fourth-order valence-electron chi connectivity index (χ4n) is 3.67. The van der Waals surface area contributed by atoms with Gasteiger partial charge in [-0.1, -0.05) is 23.9 Å². The maximum Gasteiger partial charge on any atom is 0.147 e. The third-order valence-corrected chi connectivity index (χ3v) is 6.39. The molecule has 0 radical (unpaired) electrons. The molecule has 0 saturated carbocycles. The van der Waals surface area contributed by atoms with Crippen molar-refractivity contribution < 1.29 is 0 Å². The quantitative estimate of drug-likeness (QED) is 0.833. The number of likely N-dealkylation sites (N-methyl/N-ethyl adjacent to an activating group) is 1. The van der Waals surface area contributed by atoms with Crippen molar-refractivity contribution >= 4 is 23.3 Å². The fourth-order valence-corrected chi connectivity index (χ4v) is 4.74. The molecule has 1 atom stereocenters. The summed E-state index contributed by atoms with van der Waals surface area (Å²) in [7, 11) is 2.23. The molecule has 0 bridgehead atoms. The van der Waals surface area contributed by atoms with Crippen LogP contribution in [0.25, 0.3) is 0 Å². The summed E-state index contributed by atoms with van der Waals surface area (Å²) >= 11 is 1.83. The van der Waals surface area contributed by atoms with Gasteiger partial charge in [0.2, 0.25) is 0 Å². The van der Waals surface area contributed by atoms with Crippen molar-refractivity contribution in [2.24, 2.45) is 0 Å². The molecular formula is C20H26N4S. The average molecular weight is 355 g/mol. The van der Waals surface area contributed by atoms with Crippen LogP contribution in [0.15, 0.2) is 52.4 Å². The normalized spacial score (nSPS) is 21.0. The van der Waals surface area contributed by atoms with Gasteiger partial charge in [-0.2, -0.15) is 0 Å². The van der Waals surface area contributed by atoms with Gasteiger partial charge in [-0.25, -0.2) is 4.98 Å². The molecule has 2 aliphatic heterocycles. The SMILES string of the molecule is CC1CN(CCCN2c3ccccc3Sc3cccnc32)CCN1C. The van der Waals surface area contributed by atoms with Crippen LogP contribution >= 0.6 is 11.8 Å². The van der Waals surface area contributed by atoms with E-state index in [1.165, 1.54) is 35.1 Å². The Morgan fingerprint density at radius 1 is 1.08 bits per heavy atom. The molecule has 1 aromatic heterocycles. The van der Waals surface area contributed by atoms with Crippen LogP contribution in [0.3, 0.4) is 0 Å². The maximum atomic E-state index is 4.67. The molecule has 0 N–H and O–H groups in total. The lowest BCUT2D eigenvalue weighted by Crippen LogP contribution is -2.50. The van der Waals surface area contributed by atoms with Crippen LogP contribution in [0.2, 0.25) is 0 Å². The van der Waals surface area contributed by atoms with Crippen LogP contribution < -0.4 is 4.90 Å². The molecule has 25 heavy (non-hydrogen) atoms. The second-order valence-electron chi connectivity index (χ2n) is 7.03. The van der Waals surface area contributed by atoms with Gasteiger partial charge in [0.15, 0.2) is 0 Å². The molecule has 5 heteroatoms. The zero-order chi connectivity index (χ0) is 17.2. The van der Waals surface area contributed by atoms with E-state index in [1.54, 1.807) is 0 Å². The van der Waals surface area contributed by atoms with Crippen molar-refractivity contribution in [2.75, 3.05) is 44.7 Å². The summed E-state index contributed by atoms with van der Waals surface area (Å²) < 4.78 is 0. The summed E-state index contributed by atoms with van der Waals surface area (Å²) in [6.45, 7) is 8.04. The lowest BCUT2D eigenvalue weighted by atomic mass is 10.2. The van der Waals surface area contributed by atoms with Crippen molar-refractivity contribution in [3.05, 3.63) is 42.6 Å². The lowest BCUT2D eigenvalue weighted by Gasteiger charge is -2.38. The number of aromatic nitrogens is 1. The minimum absolute atomic E-state index is 0.656. The van der Waals surface area contributed by atoms with E-state index in [0.717, 1.165) is 25.3 Å². The van der Waals surface area contributed by atoms with Crippen LogP contribution in [0.1, 0.15) is 13.3 Å². The van der Waals surface area contributed by atoms with Crippen LogP contribution in [-0.4, -0.2) is 60.6 Å². The Labute approximate surface area is 154 Å². The number of hydrogen-bond donors (Lipinski definition) is 0. The largest absolute Gasteiger partial charge is 0.324 e. The van der Waals surface area contributed by atoms with Crippen LogP contribution in [0.4, 0.5) is 11.5 Å². The first-order chi connectivity index (χ1) is 12.2. The molecule has 3 heterocycles. The Morgan fingerprint density at radius 3 is 2.80 bits per heavy atom. The zero-order valence-electron chi connectivity index (χ0n) is 15.1. The van der Waals surface area contributed by atoms with Gasteiger partial charge in [-0.05, 0) is 51.2 Å². The smallest absolute Gasteiger partial charge is 0.147 e. The predicted molar refractivity (Wildman–Crippen MR) is 105 cm³/mol. The first-order valence-corrected chi connectivity index (χ1v) is 9.96. The average Bonchev–Trinajstić information content (AvgIpc) is 2.64. The van der Waals surface area contributed by atoms with Crippen LogP contribution in [0.5, 0.6) is 0 Å². The van der Waals surface area contributed by atoms with Crippen LogP contribution in [-0.2, 0) is 0 Å². The highest BCUT2D eigenvalue weighted by molar-refractivity contribution is 7.99. The van der Waals surface area contributed by atoms with Gasteiger partial charge >= 0.3 is 0 Å². The number of hydrogen-bond acceptors (Lipinski definition) is 5. The first-order valence-electron chi connectivity index (χ1n) is 9.14. The van der Waals surface area contributed by atoms with Crippen molar-refractivity contribution in [3.63, 3.8) is 0 Å². The molecule has 0 aliphatic carbocycles. The number of rotatable bonds is 4. The van der Waals surface area contributed by atoms with E-state index in [4.69, 9.17) is 0 Å². The Kier molecular flexibility index (Phi) is 4.97. The third kappa shape index (κ3) is 3.54. The monoisotopic (exact) mass is 354 g/mol. The van der Waals surface area contributed by atoms with Gasteiger partial charge in [0.25, 0.3) is 0 Å². The number of anilines is 2. The molecule has 1 unspecified atom stereocenters. The summed E-state index contributed by atoms with van der Waals surface area (Å²) in [5.41, 5.74) is 1.30. The molecule has 0 spiro atoms. The molecule has 1 fully saturated rings. The van der Waals surface area contributed by atoms with Gasteiger partial charge in [0.1, 0.15) is 5.82 Å². The molecule has 4 rings (SSSR count). The van der Waals surface area contributed by atoms with E-state index in [-0.39, 0.29) is 0 Å². The van der Waals surface area contributed by atoms with E-state index < -0.39 is 0 Å². The number of fused-ring (bicyclic) bond motifs is 2. The van der Waals surface area contributed by atoms with Gasteiger partial charge < -0.3 is 14.7 Å². The van der Waals surface area contributed by atoms with E-state index in [1.807, 2.05) is 24.0 Å².